The molecule has 1 aliphatic carbocycles. The third-order valence-electron chi connectivity index (χ3n) is 3.72. The maximum absolute atomic E-state index is 5.24. The van der Waals surface area contributed by atoms with Gasteiger partial charge in [-0.2, -0.15) is 11.8 Å². The van der Waals surface area contributed by atoms with Crippen molar-refractivity contribution in [3.05, 3.63) is 35.4 Å². The molecule has 0 saturated heterocycles. The first kappa shape index (κ1) is 13.9. The Hall–Kier alpha value is -0.510. The van der Waals surface area contributed by atoms with Crippen LogP contribution in [0.4, 0.5) is 0 Å². The van der Waals surface area contributed by atoms with Crippen LogP contribution >= 0.6 is 11.8 Å². The zero-order valence-corrected chi connectivity index (χ0v) is 12.1. The quantitative estimate of drug-likeness (QED) is 0.853. The van der Waals surface area contributed by atoms with Crippen LogP contribution in [0.1, 0.15) is 30.4 Å². The molecule has 1 aliphatic rings. The predicted octanol–water partition coefficient (Wildman–Crippen LogP) is 3.21. The van der Waals surface area contributed by atoms with E-state index in [-0.39, 0.29) is 0 Å². The minimum atomic E-state index is 0.693. The molecule has 1 fully saturated rings. The molecule has 100 valence electrons. The average molecular weight is 265 g/mol. The van der Waals surface area contributed by atoms with Crippen LogP contribution < -0.4 is 5.32 Å². The van der Waals surface area contributed by atoms with Crippen LogP contribution in [0.2, 0.25) is 0 Å². The number of hydrogen-bond acceptors (Lipinski definition) is 3. The summed E-state index contributed by atoms with van der Waals surface area (Å²) in [6.45, 7) is 1.67. The Balaban J connectivity index is 1.86. The van der Waals surface area contributed by atoms with Crippen LogP contribution in [0.25, 0.3) is 0 Å². The van der Waals surface area contributed by atoms with Crippen LogP contribution in [0, 0.1) is 0 Å². The van der Waals surface area contributed by atoms with Gasteiger partial charge in [0.1, 0.15) is 0 Å². The first-order chi connectivity index (χ1) is 8.83. The maximum Gasteiger partial charge on any atom is 0.0716 e. The summed E-state index contributed by atoms with van der Waals surface area (Å²) in [6.07, 6.45) is 6.21. The molecular weight excluding hydrogens is 242 g/mol. The fourth-order valence-corrected chi connectivity index (χ4v) is 3.42. The highest BCUT2D eigenvalue weighted by Gasteiger charge is 2.23. The first-order valence-electron chi connectivity index (χ1n) is 6.65. The molecule has 1 aromatic carbocycles. The molecule has 2 atom stereocenters. The second kappa shape index (κ2) is 7.17. The van der Waals surface area contributed by atoms with Crippen molar-refractivity contribution in [2.75, 3.05) is 13.4 Å². The van der Waals surface area contributed by atoms with Crippen molar-refractivity contribution in [2.45, 2.75) is 43.7 Å². The molecule has 0 radical (unpaired) electrons. The molecule has 0 bridgehead atoms. The second-order valence-corrected chi connectivity index (χ2v) is 6.09. The molecular formula is C15H23NOS. The lowest BCUT2D eigenvalue weighted by atomic mass is 10.1. The van der Waals surface area contributed by atoms with E-state index in [2.05, 4.69) is 35.8 Å². The van der Waals surface area contributed by atoms with Crippen molar-refractivity contribution < 1.29 is 4.74 Å². The summed E-state index contributed by atoms with van der Waals surface area (Å²) in [6, 6.07) is 9.23. The highest BCUT2D eigenvalue weighted by molar-refractivity contribution is 7.99. The van der Waals surface area contributed by atoms with Gasteiger partial charge >= 0.3 is 0 Å². The Labute approximate surface area is 114 Å². The van der Waals surface area contributed by atoms with Crippen LogP contribution in [-0.2, 0) is 17.9 Å². The van der Waals surface area contributed by atoms with Gasteiger partial charge in [0.2, 0.25) is 0 Å². The monoisotopic (exact) mass is 265 g/mol. The van der Waals surface area contributed by atoms with E-state index >= 15 is 0 Å². The average Bonchev–Trinajstić information content (AvgIpc) is 2.86. The molecule has 2 rings (SSSR count). The minimum Gasteiger partial charge on any atom is -0.380 e. The van der Waals surface area contributed by atoms with E-state index in [1.807, 2.05) is 11.8 Å². The predicted molar refractivity (Wildman–Crippen MR) is 78.9 cm³/mol. The molecule has 0 spiro atoms. The summed E-state index contributed by atoms with van der Waals surface area (Å²) in [5.41, 5.74) is 2.67. The van der Waals surface area contributed by atoms with Crippen LogP contribution in [-0.4, -0.2) is 24.7 Å². The molecule has 1 aromatic rings. The lowest BCUT2D eigenvalue weighted by molar-refractivity contribution is 0.184. The van der Waals surface area contributed by atoms with E-state index in [4.69, 9.17) is 4.74 Å². The van der Waals surface area contributed by atoms with Crippen molar-refractivity contribution in [1.29, 1.82) is 0 Å². The Bertz CT molecular complexity index is 369. The van der Waals surface area contributed by atoms with E-state index in [9.17, 15) is 0 Å². The van der Waals surface area contributed by atoms with E-state index in [1.165, 1.54) is 30.4 Å². The number of thioether (sulfide) groups is 1. The second-order valence-electron chi connectivity index (χ2n) is 4.95. The topological polar surface area (TPSA) is 21.3 Å². The fourth-order valence-electron chi connectivity index (χ4n) is 2.62. The summed E-state index contributed by atoms with van der Waals surface area (Å²) in [5, 5.41) is 4.55. The summed E-state index contributed by atoms with van der Waals surface area (Å²) in [4.78, 5) is 0. The van der Waals surface area contributed by atoms with Gasteiger partial charge < -0.3 is 10.1 Å². The summed E-state index contributed by atoms with van der Waals surface area (Å²) in [5.74, 6) is 0. The van der Waals surface area contributed by atoms with Gasteiger partial charge in [0.25, 0.3) is 0 Å². The number of hydrogen-bond donors (Lipinski definition) is 1. The van der Waals surface area contributed by atoms with E-state index in [0.717, 1.165) is 11.8 Å². The van der Waals surface area contributed by atoms with E-state index in [1.54, 1.807) is 7.11 Å². The molecule has 0 aliphatic heterocycles. The number of rotatable bonds is 6. The van der Waals surface area contributed by atoms with Crippen molar-refractivity contribution >= 4 is 11.8 Å². The van der Waals surface area contributed by atoms with Crippen molar-refractivity contribution in [2.24, 2.45) is 0 Å². The Morgan fingerprint density at radius 2 is 2.06 bits per heavy atom. The van der Waals surface area contributed by atoms with Gasteiger partial charge in [-0.15, -0.1) is 0 Å². The summed E-state index contributed by atoms with van der Waals surface area (Å²) in [7, 11) is 1.75. The number of ether oxygens (including phenoxy) is 1. The Kier molecular flexibility index (Phi) is 5.54. The summed E-state index contributed by atoms with van der Waals surface area (Å²) < 4.78 is 5.24. The molecule has 2 nitrogen and oxygen atoms in total. The van der Waals surface area contributed by atoms with Crippen molar-refractivity contribution in [1.82, 2.24) is 5.32 Å². The molecule has 1 saturated carbocycles. The smallest absolute Gasteiger partial charge is 0.0716 e. The molecule has 1 N–H and O–H groups in total. The molecule has 0 heterocycles. The fraction of sp³-hybridized carbons (Fsp3) is 0.600. The Morgan fingerprint density at radius 1 is 1.28 bits per heavy atom. The van der Waals surface area contributed by atoms with Crippen LogP contribution in [0.3, 0.4) is 0 Å². The van der Waals surface area contributed by atoms with Crippen molar-refractivity contribution in [3.63, 3.8) is 0 Å². The van der Waals surface area contributed by atoms with Crippen molar-refractivity contribution in [3.8, 4) is 0 Å². The third-order valence-corrected chi connectivity index (χ3v) is 4.81. The van der Waals surface area contributed by atoms with Gasteiger partial charge in [0.15, 0.2) is 0 Å². The number of nitrogens with one attached hydrogen (secondary N) is 1. The van der Waals surface area contributed by atoms with Gasteiger partial charge in [-0.3, -0.25) is 0 Å². The largest absolute Gasteiger partial charge is 0.380 e. The highest BCUT2D eigenvalue weighted by atomic mass is 32.2. The molecule has 18 heavy (non-hydrogen) atoms. The maximum atomic E-state index is 5.24. The van der Waals surface area contributed by atoms with Crippen LogP contribution in [0.15, 0.2) is 24.3 Å². The summed E-state index contributed by atoms with van der Waals surface area (Å²) >= 11 is 2.01. The van der Waals surface area contributed by atoms with E-state index in [0.29, 0.717) is 12.6 Å². The first-order valence-corrected chi connectivity index (χ1v) is 7.94. The number of benzene rings is 1. The number of methoxy groups -OCH3 is 1. The standard InChI is InChI=1S/C15H23NOS/c1-17-11-13-6-4-3-5-12(13)10-16-14-7-8-15(9-14)18-2/h3-6,14-16H,7-11H2,1-2H3. The van der Waals surface area contributed by atoms with Gasteiger partial charge in [0, 0.05) is 24.9 Å². The Morgan fingerprint density at radius 3 is 2.72 bits per heavy atom. The molecule has 0 amide bonds. The lowest BCUT2D eigenvalue weighted by Crippen LogP contribution is -2.26. The van der Waals surface area contributed by atoms with Gasteiger partial charge in [-0.25, -0.2) is 0 Å². The molecule has 0 aromatic heterocycles. The zero-order valence-electron chi connectivity index (χ0n) is 11.3. The molecule has 2 unspecified atom stereocenters. The van der Waals surface area contributed by atoms with Gasteiger partial charge in [0.05, 0.1) is 6.61 Å². The van der Waals surface area contributed by atoms with Crippen LogP contribution in [0.5, 0.6) is 0 Å². The third kappa shape index (κ3) is 3.74. The normalized spacial score (nSPS) is 23.4. The minimum absolute atomic E-state index is 0.693. The SMILES string of the molecule is COCc1ccccc1CNC1CCC(SC)C1. The van der Waals surface area contributed by atoms with Gasteiger partial charge in [-0.1, -0.05) is 24.3 Å². The zero-order chi connectivity index (χ0) is 12.8. The highest BCUT2D eigenvalue weighted by Crippen LogP contribution is 2.28. The van der Waals surface area contributed by atoms with E-state index < -0.39 is 0 Å². The van der Waals surface area contributed by atoms with Gasteiger partial charge in [-0.05, 0) is 36.6 Å². The molecule has 3 heteroatoms. The lowest BCUT2D eigenvalue weighted by Gasteiger charge is -2.15.